The highest BCUT2D eigenvalue weighted by Crippen LogP contribution is 2.26. The van der Waals surface area contributed by atoms with Crippen LogP contribution >= 0.6 is 0 Å². The van der Waals surface area contributed by atoms with Crippen LogP contribution in [0.25, 0.3) is 0 Å². The summed E-state index contributed by atoms with van der Waals surface area (Å²) in [4.78, 5) is 32.9. The zero-order valence-electron chi connectivity index (χ0n) is 13.5. The van der Waals surface area contributed by atoms with Crippen LogP contribution in [0.3, 0.4) is 0 Å². The molecule has 0 aromatic heterocycles. The number of nitro benzene ring substituents is 2. The number of non-ortho nitro benzene ring substituents is 2. The molecule has 130 valence electrons. The molecule has 1 amide bonds. The lowest BCUT2D eigenvalue weighted by Gasteiger charge is -2.14. The average Bonchev–Trinajstić information content (AvgIpc) is 2.54. The van der Waals surface area contributed by atoms with Crippen LogP contribution < -0.4 is 10.1 Å². The zero-order chi connectivity index (χ0) is 18.6. The first-order chi connectivity index (χ1) is 11.8. The molecule has 0 spiro atoms. The minimum atomic E-state index is -0.617. The summed E-state index contributed by atoms with van der Waals surface area (Å²) >= 11 is 0. The van der Waals surface area contributed by atoms with Crippen LogP contribution in [0, 0.1) is 20.2 Å². The van der Waals surface area contributed by atoms with Gasteiger partial charge in [-0.1, -0.05) is 0 Å². The maximum atomic E-state index is 12.5. The van der Waals surface area contributed by atoms with Crippen LogP contribution in [0.15, 0.2) is 42.5 Å². The van der Waals surface area contributed by atoms with Gasteiger partial charge in [-0.25, -0.2) is 0 Å². The van der Waals surface area contributed by atoms with Gasteiger partial charge in [0.25, 0.3) is 17.3 Å². The van der Waals surface area contributed by atoms with Crippen molar-refractivity contribution in [3.63, 3.8) is 0 Å². The predicted molar refractivity (Wildman–Crippen MR) is 89.9 cm³/mol. The Bertz CT molecular complexity index is 817. The smallest absolute Gasteiger partial charge is 0.270 e. The highest BCUT2D eigenvalue weighted by molar-refractivity contribution is 6.06. The van der Waals surface area contributed by atoms with Gasteiger partial charge in [0.1, 0.15) is 5.75 Å². The lowest BCUT2D eigenvalue weighted by atomic mass is 10.1. The lowest BCUT2D eigenvalue weighted by molar-refractivity contribution is -0.385. The maximum Gasteiger partial charge on any atom is 0.270 e. The van der Waals surface area contributed by atoms with Gasteiger partial charge in [-0.05, 0) is 32.0 Å². The van der Waals surface area contributed by atoms with Crippen molar-refractivity contribution in [2.45, 2.75) is 20.0 Å². The van der Waals surface area contributed by atoms with Crippen LogP contribution in [0.1, 0.15) is 24.2 Å². The van der Waals surface area contributed by atoms with Crippen molar-refractivity contribution < 1.29 is 19.4 Å². The molecule has 25 heavy (non-hydrogen) atoms. The molecule has 9 nitrogen and oxygen atoms in total. The molecule has 0 fully saturated rings. The third-order valence-electron chi connectivity index (χ3n) is 3.12. The monoisotopic (exact) mass is 345 g/mol. The molecule has 0 aliphatic carbocycles. The van der Waals surface area contributed by atoms with Crippen LogP contribution in [0.5, 0.6) is 5.75 Å². The van der Waals surface area contributed by atoms with Crippen molar-refractivity contribution in [1.29, 1.82) is 0 Å². The molecular weight excluding hydrogens is 330 g/mol. The number of nitro groups is 2. The van der Waals surface area contributed by atoms with Gasteiger partial charge in [0.05, 0.1) is 21.5 Å². The first-order valence-electron chi connectivity index (χ1n) is 7.29. The fourth-order valence-electron chi connectivity index (χ4n) is 2.03. The largest absolute Gasteiger partial charge is 0.490 e. The first-order valence-corrected chi connectivity index (χ1v) is 7.29. The Morgan fingerprint density at radius 3 is 2.08 bits per heavy atom. The Balaban J connectivity index is 2.31. The number of anilines is 1. The van der Waals surface area contributed by atoms with Crippen molar-refractivity contribution in [3.05, 3.63) is 68.3 Å². The summed E-state index contributed by atoms with van der Waals surface area (Å²) in [5, 5.41) is 24.1. The van der Waals surface area contributed by atoms with Crippen molar-refractivity contribution >= 4 is 23.0 Å². The summed E-state index contributed by atoms with van der Waals surface area (Å²) in [7, 11) is 0. The second-order valence-corrected chi connectivity index (χ2v) is 5.36. The molecular formula is C16H15N3O6. The van der Waals surface area contributed by atoms with E-state index in [0.717, 1.165) is 6.07 Å². The van der Waals surface area contributed by atoms with Crippen molar-refractivity contribution in [2.75, 3.05) is 5.32 Å². The molecule has 2 rings (SSSR count). The second kappa shape index (κ2) is 7.39. The summed E-state index contributed by atoms with van der Waals surface area (Å²) in [6.07, 6.45) is -0.229. The van der Waals surface area contributed by atoms with Crippen LogP contribution in [-0.4, -0.2) is 21.9 Å². The SMILES string of the molecule is CC(C)Oc1ccc([N+](=O)[O-])cc1C(=O)Nc1ccc([N+](=O)[O-])cc1. The predicted octanol–water partition coefficient (Wildman–Crippen LogP) is 3.54. The number of rotatable bonds is 6. The summed E-state index contributed by atoms with van der Waals surface area (Å²) in [5.74, 6) is -0.409. The molecule has 1 N–H and O–H groups in total. The highest BCUT2D eigenvalue weighted by Gasteiger charge is 2.19. The normalized spacial score (nSPS) is 10.4. The third kappa shape index (κ3) is 4.50. The number of benzene rings is 2. The molecule has 2 aromatic rings. The third-order valence-corrected chi connectivity index (χ3v) is 3.12. The summed E-state index contributed by atoms with van der Waals surface area (Å²) in [6.45, 7) is 3.53. The Labute approximate surface area is 142 Å². The lowest BCUT2D eigenvalue weighted by Crippen LogP contribution is -2.16. The van der Waals surface area contributed by atoms with E-state index in [1.54, 1.807) is 13.8 Å². The van der Waals surface area contributed by atoms with Gasteiger partial charge in [0.2, 0.25) is 0 Å². The van der Waals surface area contributed by atoms with Gasteiger partial charge in [-0.2, -0.15) is 0 Å². The summed E-state index contributed by atoms with van der Waals surface area (Å²) < 4.78 is 5.52. The molecule has 2 aromatic carbocycles. The van der Waals surface area contributed by atoms with E-state index in [1.807, 2.05) is 0 Å². The standard InChI is InChI=1S/C16H15N3O6/c1-10(2)25-15-8-7-13(19(23)24)9-14(15)16(20)17-11-3-5-12(6-4-11)18(21)22/h3-10H,1-2H3,(H,17,20). The molecule has 0 unspecified atom stereocenters. The zero-order valence-corrected chi connectivity index (χ0v) is 13.5. The quantitative estimate of drug-likeness (QED) is 0.630. The Morgan fingerprint density at radius 1 is 1.00 bits per heavy atom. The Kier molecular flexibility index (Phi) is 5.28. The minimum absolute atomic E-state index is 0.00116. The first kappa shape index (κ1) is 17.9. The van der Waals surface area contributed by atoms with E-state index >= 15 is 0 Å². The number of amides is 1. The van der Waals surface area contributed by atoms with E-state index in [1.165, 1.54) is 36.4 Å². The summed E-state index contributed by atoms with van der Waals surface area (Å²) in [5.41, 5.74) is -0.0408. The Morgan fingerprint density at radius 2 is 1.56 bits per heavy atom. The van der Waals surface area contributed by atoms with E-state index in [9.17, 15) is 25.0 Å². The number of hydrogen-bond donors (Lipinski definition) is 1. The molecule has 0 saturated heterocycles. The Hall–Kier alpha value is -3.49. The fourth-order valence-corrected chi connectivity index (χ4v) is 2.03. The molecule has 0 bridgehead atoms. The molecule has 0 atom stereocenters. The highest BCUT2D eigenvalue weighted by atomic mass is 16.6. The number of ether oxygens (including phenoxy) is 1. The number of nitrogens with one attached hydrogen (secondary N) is 1. The van der Waals surface area contributed by atoms with Gasteiger partial charge < -0.3 is 10.1 Å². The van der Waals surface area contributed by atoms with Gasteiger partial charge in [-0.3, -0.25) is 25.0 Å². The van der Waals surface area contributed by atoms with Gasteiger partial charge >= 0.3 is 0 Å². The van der Waals surface area contributed by atoms with Gasteiger partial charge in [-0.15, -0.1) is 0 Å². The van der Waals surface area contributed by atoms with E-state index in [4.69, 9.17) is 4.74 Å². The van der Waals surface area contributed by atoms with Gasteiger partial charge in [0.15, 0.2) is 0 Å². The van der Waals surface area contributed by atoms with Crippen molar-refractivity contribution in [3.8, 4) is 5.75 Å². The second-order valence-electron chi connectivity index (χ2n) is 5.36. The van der Waals surface area contributed by atoms with Crippen LogP contribution in [0.4, 0.5) is 17.1 Å². The van der Waals surface area contributed by atoms with E-state index in [0.29, 0.717) is 5.69 Å². The number of carbonyl (C=O) groups excluding carboxylic acids is 1. The average molecular weight is 345 g/mol. The molecule has 0 saturated carbocycles. The van der Waals surface area contributed by atoms with Gasteiger partial charge in [0, 0.05) is 30.0 Å². The number of hydrogen-bond acceptors (Lipinski definition) is 6. The van der Waals surface area contributed by atoms with E-state index in [2.05, 4.69) is 5.32 Å². The molecule has 0 aliphatic heterocycles. The molecule has 0 aliphatic rings. The maximum absolute atomic E-state index is 12.5. The number of carbonyl (C=O) groups is 1. The molecule has 0 heterocycles. The van der Waals surface area contributed by atoms with E-state index < -0.39 is 15.8 Å². The van der Waals surface area contributed by atoms with E-state index in [-0.39, 0.29) is 28.8 Å². The van der Waals surface area contributed by atoms with Crippen LogP contribution in [-0.2, 0) is 0 Å². The fraction of sp³-hybridized carbons (Fsp3) is 0.188. The minimum Gasteiger partial charge on any atom is -0.490 e. The molecule has 0 radical (unpaired) electrons. The topological polar surface area (TPSA) is 125 Å². The van der Waals surface area contributed by atoms with Crippen molar-refractivity contribution in [2.24, 2.45) is 0 Å². The van der Waals surface area contributed by atoms with Crippen LogP contribution in [0.2, 0.25) is 0 Å². The number of nitrogens with zero attached hydrogens (tertiary/aromatic N) is 2. The summed E-state index contributed by atoms with van der Waals surface area (Å²) in [6, 6.07) is 8.97. The molecule has 9 heteroatoms. The van der Waals surface area contributed by atoms with Crippen molar-refractivity contribution in [1.82, 2.24) is 0 Å².